The van der Waals surface area contributed by atoms with Crippen molar-refractivity contribution in [2.24, 2.45) is 5.73 Å². The van der Waals surface area contributed by atoms with Gasteiger partial charge in [-0.1, -0.05) is 23.7 Å². The number of para-hydroxylation sites is 1. The van der Waals surface area contributed by atoms with Crippen molar-refractivity contribution in [2.75, 3.05) is 5.32 Å². The van der Waals surface area contributed by atoms with Crippen LogP contribution < -0.4 is 11.1 Å². The van der Waals surface area contributed by atoms with Crippen LogP contribution in [0, 0.1) is 0 Å². The molecule has 3 aromatic rings. The lowest BCUT2D eigenvalue weighted by Gasteiger charge is -2.08. The van der Waals surface area contributed by atoms with Gasteiger partial charge in [0.05, 0.1) is 5.69 Å². The minimum Gasteiger partial charge on any atom is -0.376 e. The summed E-state index contributed by atoms with van der Waals surface area (Å²) in [6.07, 6.45) is 0. The molecule has 0 saturated heterocycles. The first kappa shape index (κ1) is 15.8. The first-order chi connectivity index (χ1) is 11.1. The number of nitrogens with two attached hydrogens (primary N) is 1. The maximum atomic E-state index is 5.89. The number of hydrogen-bond acceptors (Lipinski definition) is 4. The summed E-state index contributed by atoms with van der Waals surface area (Å²) in [5.74, 6) is 0.684. The molecule has 0 amide bonds. The molecule has 4 N–H and O–H groups in total. The van der Waals surface area contributed by atoms with Gasteiger partial charge in [0.25, 0.3) is 0 Å². The number of nitrogens with one attached hydrogen (secondary N) is 2. The summed E-state index contributed by atoms with van der Waals surface area (Å²) in [6.45, 7) is 0. The van der Waals surface area contributed by atoms with E-state index in [0.29, 0.717) is 16.0 Å². The molecule has 5 nitrogen and oxygen atoms in total. The van der Waals surface area contributed by atoms with Crippen LogP contribution in [0.5, 0.6) is 0 Å². The summed E-state index contributed by atoms with van der Waals surface area (Å²) >= 11 is 12.2. The first-order valence-electron chi connectivity index (χ1n) is 6.63. The second kappa shape index (κ2) is 6.99. The molecule has 0 aliphatic heterocycles. The van der Waals surface area contributed by atoms with E-state index in [2.05, 4.69) is 20.5 Å². The van der Waals surface area contributed by atoms with Gasteiger partial charge >= 0.3 is 0 Å². The van der Waals surface area contributed by atoms with Crippen LogP contribution in [0.15, 0.2) is 58.6 Å². The molecule has 1 aromatic heterocycles. The van der Waals surface area contributed by atoms with Crippen molar-refractivity contribution in [3.8, 4) is 11.4 Å². The van der Waals surface area contributed by atoms with Gasteiger partial charge in [0, 0.05) is 15.5 Å². The van der Waals surface area contributed by atoms with Crippen molar-refractivity contribution in [3.05, 3.63) is 53.6 Å². The number of aromatic amines is 1. The van der Waals surface area contributed by atoms with Crippen molar-refractivity contribution >= 4 is 46.4 Å². The van der Waals surface area contributed by atoms with E-state index in [1.807, 2.05) is 48.5 Å². The van der Waals surface area contributed by atoms with E-state index >= 15 is 0 Å². The van der Waals surface area contributed by atoms with Crippen LogP contribution in [0.3, 0.4) is 0 Å². The summed E-state index contributed by atoms with van der Waals surface area (Å²) in [5.41, 5.74) is 7.28. The normalized spacial score (nSPS) is 10.5. The van der Waals surface area contributed by atoms with Crippen LogP contribution in [0.4, 0.5) is 5.69 Å². The number of aromatic nitrogens is 3. The maximum absolute atomic E-state index is 5.89. The zero-order valence-corrected chi connectivity index (χ0v) is 14.2. The highest BCUT2D eigenvalue weighted by molar-refractivity contribution is 7.99. The Morgan fingerprint density at radius 1 is 1.17 bits per heavy atom. The van der Waals surface area contributed by atoms with Crippen molar-refractivity contribution in [3.63, 3.8) is 0 Å². The summed E-state index contributed by atoms with van der Waals surface area (Å²) < 4.78 is 0. The van der Waals surface area contributed by atoms with Gasteiger partial charge < -0.3 is 11.1 Å². The number of thiocarbonyl (C=S) groups is 1. The van der Waals surface area contributed by atoms with E-state index in [-0.39, 0.29) is 5.11 Å². The molecule has 0 fully saturated rings. The number of rotatable bonds is 4. The monoisotopic (exact) mass is 361 g/mol. The van der Waals surface area contributed by atoms with E-state index in [1.54, 1.807) is 0 Å². The average molecular weight is 362 g/mol. The summed E-state index contributed by atoms with van der Waals surface area (Å²) in [5, 5.41) is 11.6. The van der Waals surface area contributed by atoms with E-state index < -0.39 is 0 Å². The van der Waals surface area contributed by atoms with Crippen LogP contribution >= 0.6 is 35.6 Å². The lowest BCUT2D eigenvalue weighted by atomic mass is 10.2. The summed E-state index contributed by atoms with van der Waals surface area (Å²) in [7, 11) is 0. The van der Waals surface area contributed by atoms with Crippen LogP contribution in [0.1, 0.15) is 0 Å². The Balaban J connectivity index is 1.82. The van der Waals surface area contributed by atoms with Crippen molar-refractivity contribution in [1.29, 1.82) is 0 Å². The predicted molar refractivity (Wildman–Crippen MR) is 97.8 cm³/mol. The molecule has 0 unspecified atom stereocenters. The largest absolute Gasteiger partial charge is 0.376 e. The molecule has 0 bridgehead atoms. The Hall–Kier alpha value is -2.09. The lowest BCUT2D eigenvalue weighted by Crippen LogP contribution is -2.19. The van der Waals surface area contributed by atoms with E-state index in [9.17, 15) is 0 Å². The Kier molecular flexibility index (Phi) is 4.80. The lowest BCUT2D eigenvalue weighted by molar-refractivity contribution is 0.974. The zero-order valence-electron chi connectivity index (χ0n) is 11.8. The molecule has 0 spiro atoms. The van der Waals surface area contributed by atoms with Gasteiger partial charge in [0.15, 0.2) is 10.9 Å². The quantitative estimate of drug-likeness (QED) is 0.611. The van der Waals surface area contributed by atoms with Gasteiger partial charge in [-0.3, -0.25) is 5.10 Å². The van der Waals surface area contributed by atoms with E-state index in [1.165, 1.54) is 11.8 Å². The Bertz CT molecular complexity index is 832. The smallest absolute Gasteiger partial charge is 0.213 e. The van der Waals surface area contributed by atoms with Gasteiger partial charge in [0.2, 0.25) is 5.16 Å². The standard InChI is InChI=1S/C15H12ClN5S2/c16-10-7-5-9(6-8-10)13-19-15(21-20-13)23-12-4-2-1-3-11(12)18-14(17)22/h1-8H,(H3,17,18,22)(H,19,20,21). The highest BCUT2D eigenvalue weighted by Crippen LogP contribution is 2.32. The van der Waals surface area contributed by atoms with Gasteiger partial charge in [-0.05, 0) is 60.4 Å². The Morgan fingerprint density at radius 3 is 2.65 bits per heavy atom. The third-order valence-corrected chi connectivity index (χ3v) is 4.22. The third kappa shape index (κ3) is 4.01. The minimum atomic E-state index is 0.217. The van der Waals surface area contributed by atoms with Crippen LogP contribution in [0.25, 0.3) is 11.4 Å². The minimum absolute atomic E-state index is 0.217. The molecule has 1 heterocycles. The molecule has 8 heteroatoms. The number of H-pyrrole nitrogens is 1. The van der Waals surface area contributed by atoms with Crippen molar-refractivity contribution in [1.82, 2.24) is 15.2 Å². The molecule has 0 saturated carbocycles. The molecule has 0 aliphatic carbocycles. The van der Waals surface area contributed by atoms with Crippen LogP contribution in [-0.4, -0.2) is 20.3 Å². The van der Waals surface area contributed by atoms with E-state index in [0.717, 1.165) is 16.1 Å². The molecule has 0 radical (unpaired) electrons. The third-order valence-electron chi connectivity index (χ3n) is 2.93. The van der Waals surface area contributed by atoms with Crippen molar-refractivity contribution in [2.45, 2.75) is 10.1 Å². The zero-order chi connectivity index (χ0) is 16.2. The second-order valence-corrected chi connectivity index (χ2v) is 6.45. The predicted octanol–water partition coefficient (Wildman–Crippen LogP) is 3.93. The molecule has 116 valence electrons. The Morgan fingerprint density at radius 2 is 1.91 bits per heavy atom. The topological polar surface area (TPSA) is 79.6 Å². The molecule has 2 aromatic carbocycles. The number of halogens is 1. The molecule has 0 aliphatic rings. The van der Waals surface area contributed by atoms with E-state index in [4.69, 9.17) is 29.6 Å². The first-order valence-corrected chi connectivity index (χ1v) is 8.24. The fourth-order valence-electron chi connectivity index (χ4n) is 1.92. The second-order valence-electron chi connectivity index (χ2n) is 4.56. The SMILES string of the molecule is NC(=S)Nc1ccccc1Sc1n[nH]c(-c2ccc(Cl)cc2)n1. The van der Waals surface area contributed by atoms with Crippen molar-refractivity contribution < 1.29 is 0 Å². The number of benzene rings is 2. The summed E-state index contributed by atoms with van der Waals surface area (Å²) in [4.78, 5) is 5.42. The number of anilines is 1. The highest BCUT2D eigenvalue weighted by Gasteiger charge is 2.10. The molecule has 3 rings (SSSR count). The molecular weight excluding hydrogens is 350 g/mol. The van der Waals surface area contributed by atoms with Gasteiger partial charge in [-0.25, -0.2) is 4.98 Å². The molecule has 0 atom stereocenters. The van der Waals surface area contributed by atoms with Gasteiger partial charge in [0.1, 0.15) is 0 Å². The average Bonchev–Trinajstić information content (AvgIpc) is 2.98. The summed E-state index contributed by atoms with van der Waals surface area (Å²) in [6, 6.07) is 15.1. The number of hydrogen-bond donors (Lipinski definition) is 3. The highest BCUT2D eigenvalue weighted by atomic mass is 35.5. The molecule has 23 heavy (non-hydrogen) atoms. The van der Waals surface area contributed by atoms with Gasteiger partial charge in [-0.15, -0.1) is 5.10 Å². The maximum Gasteiger partial charge on any atom is 0.213 e. The fourth-order valence-corrected chi connectivity index (χ4v) is 2.96. The Labute approximate surface area is 147 Å². The van der Waals surface area contributed by atoms with Crippen LogP contribution in [-0.2, 0) is 0 Å². The fraction of sp³-hybridized carbons (Fsp3) is 0. The van der Waals surface area contributed by atoms with Crippen LogP contribution in [0.2, 0.25) is 5.02 Å². The number of nitrogens with zero attached hydrogens (tertiary/aromatic N) is 2. The molecular formula is C15H12ClN5S2. The van der Waals surface area contributed by atoms with Gasteiger partial charge in [-0.2, -0.15) is 0 Å².